The third-order valence-corrected chi connectivity index (χ3v) is 4.01. The van der Waals surface area contributed by atoms with Gasteiger partial charge in [0.25, 0.3) is 0 Å². The minimum atomic E-state index is -0.105. The van der Waals surface area contributed by atoms with Crippen molar-refractivity contribution in [1.82, 2.24) is 5.32 Å². The number of carbonyl (C=O) groups is 1. The highest BCUT2D eigenvalue weighted by Gasteiger charge is 2.32. The standard InChI is InChI=1S/C18H27NO2/c1-5-6-9-21-17(20)11-16-15-10-13(2)7-8-14(15)12-18(3,4)19-16/h7-8,10,16,19H,5-6,9,11-12H2,1-4H3. The SMILES string of the molecule is CCCCOC(=O)CC1NC(C)(C)Cc2ccc(C)cc21. The second-order valence-electron chi connectivity index (χ2n) is 6.74. The molecule has 0 saturated heterocycles. The number of ether oxygens (including phenoxy) is 1. The maximum atomic E-state index is 12.0. The van der Waals surface area contributed by atoms with Gasteiger partial charge < -0.3 is 10.1 Å². The molecule has 1 aromatic rings. The van der Waals surface area contributed by atoms with Crippen molar-refractivity contribution in [2.24, 2.45) is 0 Å². The zero-order valence-electron chi connectivity index (χ0n) is 13.7. The molecule has 0 amide bonds. The summed E-state index contributed by atoms with van der Waals surface area (Å²) in [6.45, 7) is 9.09. The Hall–Kier alpha value is -1.35. The average Bonchev–Trinajstić information content (AvgIpc) is 2.39. The van der Waals surface area contributed by atoms with E-state index in [1.165, 1.54) is 16.7 Å². The fourth-order valence-corrected chi connectivity index (χ4v) is 2.99. The summed E-state index contributed by atoms with van der Waals surface area (Å²) in [5.74, 6) is -0.105. The molecule has 1 aliphatic heterocycles. The van der Waals surface area contributed by atoms with Crippen LogP contribution < -0.4 is 5.32 Å². The van der Waals surface area contributed by atoms with E-state index in [4.69, 9.17) is 4.74 Å². The van der Waals surface area contributed by atoms with Gasteiger partial charge in [0.1, 0.15) is 0 Å². The summed E-state index contributed by atoms with van der Waals surface area (Å²) in [4.78, 5) is 12.0. The van der Waals surface area contributed by atoms with Crippen molar-refractivity contribution in [3.05, 3.63) is 34.9 Å². The van der Waals surface area contributed by atoms with Gasteiger partial charge in [0.2, 0.25) is 0 Å². The van der Waals surface area contributed by atoms with Crippen LogP contribution in [0.5, 0.6) is 0 Å². The Morgan fingerprint density at radius 3 is 2.90 bits per heavy atom. The molecular formula is C18H27NO2. The lowest BCUT2D eigenvalue weighted by Crippen LogP contribution is -2.48. The molecule has 0 bridgehead atoms. The third-order valence-electron chi connectivity index (χ3n) is 4.01. The maximum absolute atomic E-state index is 12.0. The molecule has 0 spiro atoms. The fourth-order valence-electron chi connectivity index (χ4n) is 2.99. The fraction of sp³-hybridized carbons (Fsp3) is 0.611. The molecule has 1 atom stereocenters. The number of fused-ring (bicyclic) bond motifs is 1. The Bertz CT molecular complexity index is 508. The number of benzene rings is 1. The molecule has 0 saturated carbocycles. The minimum Gasteiger partial charge on any atom is -0.466 e. The summed E-state index contributed by atoms with van der Waals surface area (Å²) in [6, 6.07) is 6.60. The number of hydrogen-bond donors (Lipinski definition) is 1. The van der Waals surface area contributed by atoms with Crippen molar-refractivity contribution >= 4 is 5.97 Å². The number of rotatable bonds is 5. The van der Waals surface area contributed by atoms with E-state index in [-0.39, 0.29) is 17.6 Å². The van der Waals surface area contributed by atoms with Gasteiger partial charge in [-0.05, 0) is 44.7 Å². The lowest BCUT2D eigenvalue weighted by Gasteiger charge is -2.38. The van der Waals surface area contributed by atoms with Gasteiger partial charge in [-0.1, -0.05) is 37.1 Å². The van der Waals surface area contributed by atoms with Crippen LogP contribution in [-0.2, 0) is 16.0 Å². The lowest BCUT2D eigenvalue weighted by atomic mass is 9.82. The predicted molar refractivity (Wildman–Crippen MR) is 85.3 cm³/mol. The van der Waals surface area contributed by atoms with Gasteiger partial charge in [0, 0.05) is 11.6 Å². The molecule has 1 unspecified atom stereocenters. The number of aryl methyl sites for hydroxylation is 1. The van der Waals surface area contributed by atoms with E-state index in [1.54, 1.807) is 0 Å². The predicted octanol–water partition coefficient (Wildman–Crippen LogP) is 3.69. The molecule has 1 aliphatic rings. The van der Waals surface area contributed by atoms with Crippen LogP contribution in [0.3, 0.4) is 0 Å². The van der Waals surface area contributed by atoms with E-state index in [2.05, 4.69) is 51.2 Å². The summed E-state index contributed by atoms with van der Waals surface area (Å²) in [6.07, 6.45) is 3.38. The molecule has 0 fully saturated rings. The number of nitrogens with one attached hydrogen (secondary N) is 1. The van der Waals surface area contributed by atoms with Crippen LogP contribution in [0.15, 0.2) is 18.2 Å². The van der Waals surface area contributed by atoms with Crippen LogP contribution in [0.2, 0.25) is 0 Å². The Morgan fingerprint density at radius 1 is 1.43 bits per heavy atom. The molecule has 21 heavy (non-hydrogen) atoms. The van der Waals surface area contributed by atoms with E-state index < -0.39 is 0 Å². The minimum absolute atomic E-state index is 0.0105. The van der Waals surface area contributed by atoms with Crippen LogP contribution in [0.1, 0.15) is 62.8 Å². The Labute approximate surface area is 128 Å². The lowest BCUT2D eigenvalue weighted by molar-refractivity contribution is -0.144. The van der Waals surface area contributed by atoms with Crippen LogP contribution in [0.4, 0.5) is 0 Å². The van der Waals surface area contributed by atoms with Gasteiger partial charge in [0.05, 0.1) is 13.0 Å². The average molecular weight is 289 g/mol. The van der Waals surface area contributed by atoms with Crippen molar-refractivity contribution < 1.29 is 9.53 Å². The quantitative estimate of drug-likeness (QED) is 0.663. The summed E-state index contributed by atoms with van der Waals surface area (Å²) in [5.41, 5.74) is 3.84. The third kappa shape index (κ3) is 4.31. The molecule has 1 heterocycles. The van der Waals surface area contributed by atoms with Crippen LogP contribution in [-0.4, -0.2) is 18.1 Å². The molecule has 1 aromatic carbocycles. The Kier molecular flexibility index (Phi) is 5.04. The molecule has 1 N–H and O–H groups in total. The summed E-state index contributed by atoms with van der Waals surface area (Å²) in [5, 5.41) is 3.60. The highest BCUT2D eigenvalue weighted by molar-refractivity contribution is 5.70. The van der Waals surface area contributed by atoms with Gasteiger partial charge in [-0.15, -0.1) is 0 Å². The van der Waals surface area contributed by atoms with Crippen molar-refractivity contribution in [3.63, 3.8) is 0 Å². The van der Waals surface area contributed by atoms with Crippen LogP contribution in [0.25, 0.3) is 0 Å². The van der Waals surface area contributed by atoms with Crippen molar-refractivity contribution in [2.75, 3.05) is 6.61 Å². The number of hydrogen-bond acceptors (Lipinski definition) is 3. The highest BCUT2D eigenvalue weighted by atomic mass is 16.5. The molecule has 0 aromatic heterocycles. The zero-order valence-corrected chi connectivity index (χ0v) is 13.7. The normalized spacial score (nSPS) is 19.9. The first-order valence-electron chi connectivity index (χ1n) is 7.94. The van der Waals surface area contributed by atoms with Gasteiger partial charge in [-0.25, -0.2) is 0 Å². The van der Waals surface area contributed by atoms with E-state index in [1.807, 2.05) is 0 Å². The Balaban J connectivity index is 2.11. The largest absolute Gasteiger partial charge is 0.466 e. The smallest absolute Gasteiger partial charge is 0.307 e. The number of esters is 1. The first-order valence-corrected chi connectivity index (χ1v) is 7.94. The maximum Gasteiger partial charge on any atom is 0.307 e. The number of carbonyl (C=O) groups excluding carboxylic acids is 1. The topological polar surface area (TPSA) is 38.3 Å². The van der Waals surface area contributed by atoms with E-state index >= 15 is 0 Å². The van der Waals surface area contributed by atoms with Gasteiger partial charge in [-0.3, -0.25) is 4.79 Å². The van der Waals surface area contributed by atoms with Gasteiger partial charge in [0.15, 0.2) is 0 Å². The molecule has 116 valence electrons. The molecular weight excluding hydrogens is 262 g/mol. The second-order valence-corrected chi connectivity index (χ2v) is 6.74. The van der Waals surface area contributed by atoms with Crippen molar-refractivity contribution in [2.45, 2.75) is 65.0 Å². The first-order chi connectivity index (χ1) is 9.91. The summed E-state index contributed by atoms with van der Waals surface area (Å²) < 4.78 is 5.32. The van der Waals surface area contributed by atoms with E-state index in [0.29, 0.717) is 13.0 Å². The molecule has 3 heteroatoms. The second kappa shape index (κ2) is 6.61. The van der Waals surface area contributed by atoms with Crippen molar-refractivity contribution in [1.29, 1.82) is 0 Å². The molecule has 2 rings (SSSR count). The summed E-state index contributed by atoms with van der Waals surface area (Å²) >= 11 is 0. The monoisotopic (exact) mass is 289 g/mol. The van der Waals surface area contributed by atoms with E-state index in [9.17, 15) is 4.79 Å². The van der Waals surface area contributed by atoms with Crippen LogP contribution in [0, 0.1) is 6.92 Å². The summed E-state index contributed by atoms with van der Waals surface area (Å²) in [7, 11) is 0. The number of unbranched alkanes of at least 4 members (excludes halogenated alkanes) is 1. The van der Waals surface area contributed by atoms with E-state index in [0.717, 1.165) is 19.3 Å². The van der Waals surface area contributed by atoms with Gasteiger partial charge >= 0.3 is 5.97 Å². The van der Waals surface area contributed by atoms with Crippen LogP contribution >= 0.6 is 0 Å². The Morgan fingerprint density at radius 2 is 2.19 bits per heavy atom. The van der Waals surface area contributed by atoms with Crippen molar-refractivity contribution in [3.8, 4) is 0 Å². The molecule has 3 nitrogen and oxygen atoms in total. The highest BCUT2D eigenvalue weighted by Crippen LogP contribution is 2.32. The first kappa shape index (κ1) is 16.0. The van der Waals surface area contributed by atoms with Gasteiger partial charge in [-0.2, -0.15) is 0 Å². The zero-order chi connectivity index (χ0) is 15.5. The molecule has 0 aliphatic carbocycles. The molecule has 0 radical (unpaired) electrons.